The summed E-state index contributed by atoms with van der Waals surface area (Å²) >= 11 is 0. The number of fused-ring (bicyclic) bond motifs is 1. The number of methoxy groups -OCH3 is 1. The third kappa shape index (κ3) is 5.53. The number of hydrogen-bond donors (Lipinski definition) is 3. The van der Waals surface area contributed by atoms with Crippen molar-refractivity contribution in [3.63, 3.8) is 0 Å². The summed E-state index contributed by atoms with van der Waals surface area (Å²) in [6.45, 7) is 8.11. The largest absolute Gasteiger partial charge is 0.496 e. The summed E-state index contributed by atoms with van der Waals surface area (Å²) in [6, 6.07) is 6.39. The van der Waals surface area contributed by atoms with E-state index in [4.69, 9.17) is 14.6 Å². The van der Waals surface area contributed by atoms with Gasteiger partial charge in [-0.25, -0.2) is 13.7 Å². The topological polar surface area (TPSA) is 87.7 Å². The minimum atomic E-state index is -5.08. The van der Waals surface area contributed by atoms with E-state index in [1.165, 1.54) is 11.1 Å². The summed E-state index contributed by atoms with van der Waals surface area (Å²) in [5.74, 6) is -1.79. The van der Waals surface area contributed by atoms with Gasteiger partial charge in [0, 0.05) is 0 Å². The second kappa shape index (κ2) is 9.23. The van der Waals surface area contributed by atoms with Crippen LogP contribution in [-0.4, -0.2) is 46.4 Å². The minimum Gasteiger partial charge on any atom is -0.496 e. The molecule has 10 heteroatoms. The summed E-state index contributed by atoms with van der Waals surface area (Å²) in [5.41, 5.74) is 2.70. The Labute approximate surface area is 177 Å². The molecule has 1 heterocycles. The number of aliphatic carboxylic acids is 1. The van der Waals surface area contributed by atoms with Crippen molar-refractivity contribution in [3.8, 4) is 5.75 Å². The van der Waals surface area contributed by atoms with Gasteiger partial charge in [0.1, 0.15) is 5.75 Å². The molecule has 3 N–H and O–H groups in total. The molecule has 1 aromatic rings. The molecule has 3 rings (SSSR count). The van der Waals surface area contributed by atoms with Gasteiger partial charge in [-0.2, -0.15) is 13.2 Å². The Morgan fingerprint density at radius 2 is 1.83 bits per heavy atom. The molecular formula is C20H29F3N2O4S. The number of ether oxygens (including phenoxy) is 1. The number of halogens is 3. The SMILES string of the molecule is COc1cccc2c1CC1(CCNCC1)[C@@H]2N[S@](=O)C(C)(C)C.O=C(O)C(F)(F)F. The van der Waals surface area contributed by atoms with Crippen LogP contribution in [0, 0.1) is 5.41 Å². The Balaban J connectivity index is 0.000000396. The molecular weight excluding hydrogens is 421 g/mol. The molecule has 1 aliphatic carbocycles. The zero-order chi connectivity index (χ0) is 22.7. The third-order valence-corrected chi connectivity index (χ3v) is 7.03. The maximum Gasteiger partial charge on any atom is 0.490 e. The van der Waals surface area contributed by atoms with E-state index in [-0.39, 0.29) is 16.2 Å². The molecule has 0 bridgehead atoms. The Bertz CT molecular complexity index is 787. The Morgan fingerprint density at radius 3 is 2.30 bits per heavy atom. The van der Waals surface area contributed by atoms with Crippen molar-refractivity contribution in [2.24, 2.45) is 5.41 Å². The van der Waals surface area contributed by atoms with Crippen LogP contribution >= 0.6 is 0 Å². The Hall–Kier alpha value is -1.65. The van der Waals surface area contributed by atoms with Crippen molar-refractivity contribution in [1.82, 2.24) is 10.0 Å². The van der Waals surface area contributed by atoms with Crippen molar-refractivity contribution in [1.29, 1.82) is 0 Å². The zero-order valence-electron chi connectivity index (χ0n) is 17.6. The molecule has 6 nitrogen and oxygen atoms in total. The molecule has 30 heavy (non-hydrogen) atoms. The second-order valence-corrected chi connectivity index (χ2v) is 10.5. The van der Waals surface area contributed by atoms with Gasteiger partial charge in [0.15, 0.2) is 0 Å². The van der Waals surface area contributed by atoms with Crippen LogP contribution < -0.4 is 14.8 Å². The average molecular weight is 451 g/mol. The van der Waals surface area contributed by atoms with Gasteiger partial charge in [-0.3, -0.25) is 0 Å². The predicted molar refractivity (Wildman–Crippen MR) is 109 cm³/mol. The van der Waals surface area contributed by atoms with E-state index >= 15 is 0 Å². The smallest absolute Gasteiger partial charge is 0.490 e. The van der Waals surface area contributed by atoms with Gasteiger partial charge < -0.3 is 15.2 Å². The van der Waals surface area contributed by atoms with E-state index in [9.17, 15) is 17.4 Å². The normalized spacial score (nSPS) is 21.4. The van der Waals surface area contributed by atoms with Crippen LogP contribution in [0.5, 0.6) is 5.75 Å². The van der Waals surface area contributed by atoms with E-state index in [1.54, 1.807) is 7.11 Å². The molecule has 0 saturated carbocycles. The van der Waals surface area contributed by atoms with Gasteiger partial charge in [0.2, 0.25) is 0 Å². The molecule has 2 aliphatic rings. The molecule has 1 spiro atoms. The van der Waals surface area contributed by atoms with Crippen LogP contribution in [0.1, 0.15) is 50.8 Å². The van der Waals surface area contributed by atoms with Gasteiger partial charge in [0.05, 0.1) is 28.9 Å². The highest BCUT2D eigenvalue weighted by Crippen LogP contribution is 2.53. The number of alkyl halides is 3. The van der Waals surface area contributed by atoms with Crippen molar-refractivity contribution in [2.45, 2.75) is 57.0 Å². The Kier molecular flexibility index (Phi) is 7.58. The molecule has 1 aromatic carbocycles. The number of carboxylic acid groups (broad SMARTS) is 1. The molecule has 170 valence electrons. The monoisotopic (exact) mass is 450 g/mol. The van der Waals surface area contributed by atoms with Crippen LogP contribution in [0.15, 0.2) is 18.2 Å². The molecule has 2 atom stereocenters. The zero-order valence-corrected chi connectivity index (χ0v) is 18.4. The van der Waals surface area contributed by atoms with Gasteiger partial charge in [-0.05, 0) is 75.7 Å². The fraction of sp³-hybridized carbons (Fsp3) is 0.650. The fourth-order valence-corrected chi connectivity index (χ4v) is 4.82. The minimum absolute atomic E-state index is 0.134. The van der Waals surface area contributed by atoms with E-state index in [0.29, 0.717) is 0 Å². The fourth-order valence-electron chi connectivity index (χ4n) is 3.88. The van der Waals surface area contributed by atoms with Crippen molar-refractivity contribution in [2.75, 3.05) is 20.2 Å². The lowest BCUT2D eigenvalue weighted by Gasteiger charge is -2.40. The molecule has 0 unspecified atom stereocenters. The van der Waals surface area contributed by atoms with Crippen molar-refractivity contribution < 1.29 is 32.0 Å². The van der Waals surface area contributed by atoms with E-state index in [2.05, 4.69) is 16.1 Å². The highest BCUT2D eigenvalue weighted by atomic mass is 32.2. The number of carbonyl (C=O) groups is 1. The number of carboxylic acids is 1. The van der Waals surface area contributed by atoms with Crippen LogP contribution in [0.25, 0.3) is 0 Å². The molecule has 0 radical (unpaired) electrons. The van der Waals surface area contributed by atoms with E-state index < -0.39 is 23.1 Å². The molecule has 1 aliphatic heterocycles. The molecule has 0 aromatic heterocycles. The van der Waals surface area contributed by atoms with Crippen LogP contribution in [0.4, 0.5) is 13.2 Å². The van der Waals surface area contributed by atoms with E-state index in [1.807, 2.05) is 32.9 Å². The maximum atomic E-state index is 12.8. The van der Waals surface area contributed by atoms with Crippen LogP contribution in [-0.2, 0) is 22.2 Å². The highest BCUT2D eigenvalue weighted by Gasteiger charge is 2.48. The highest BCUT2D eigenvalue weighted by molar-refractivity contribution is 7.84. The predicted octanol–water partition coefficient (Wildman–Crippen LogP) is 3.35. The molecule has 1 fully saturated rings. The summed E-state index contributed by atoms with van der Waals surface area (Å²) < 4.78 is 53.3. The van der Waals surface area contributed by atoms with Crippen LogP contribution in [0.3, 0.4) is 0 Å². The molecule has 1 saturated heterocycles. The first-order valence-electron chi connectivity index (χ1n) is 9.66. The number of nitrogens with one attached hydrogen (secondary N) is 2. The number of piperidine rings is 1. The Morgan fingerprint density at radius 1 is 1.27 bits per heavy atom. The lowest BCUT2D eigenvalue weighted by Crippen LogP contribution is -2.46. The summed E-state index contributed by atoms with van der Waals surface area (Å²) in [4.78, 5) is 8.90. The number of benzene rings is 1. The lowest BCUT2D eigenvalue weighted by atomic mass is 9.73. The van der Waals surface area contributed by atoms with Gasteiger partial charge >= 0.3 is 12.1 Å². The van der Waals surface area contributed by atoms with Crippen molar-refractivity contribution >= 4 is 17.0 Å². The standard InChI is InChI=1S/C18H28N2O2S.C2HF3O2/c1-17(2,3)23(21)20-16-13-6-5-7-15(22-4)14(13)12-18(16)8-10-19-11-9-18;3-2(4,5)1(6)7/h5-7,16,19-20H,8-12H2,1-4H3;(H,6,7)/t16-,23-;/m1./s1. The first kappa shape index (κ1) is 24.6. The number of hydrogen-bond acceptors (Lipinski definition) is 4. The first-order valence-corrected chi connectivity index (χ1v) is 10.8. The van der Waals surface area contributed by atoms with Gasteiger partial charge in [-0.1, -0.05) is 12.1 Å². The summed E-state index contributed by atoms with van der Waals surface area (Å²) in [5, 5.41) is 10.6. The third-order valence-electron chi connectivity index (χ3n) is 5.46. The summed E-state index contributed by atoms with van der Waals surface area (Å²) in [6.07, 6.45) is -1.87. The second-order valence-electron chi connectivity index (χ2n) is 8.55. The summed E-state index contributed by atoms with van der Waals surface area (Å²) in [7, 11) is 0.653. The quantitative estimate of drug-likeness (QED) is 0.658. The first-order chi connectivity index (χ1) is 13.8. The van der Waals surface area contributed by atoms with Gasteiger partial charge in [-0.15, -0.1) is 0 Å². The molecule has 0 amide bonds. The van der Waals surface area contributed by atoms with Crippen LogP contribution in [0.2, 0.25) is 0 Å². The lowest BCUT2D eigenvalue weighted by molar-refractivity contribution is -0.192. The van der Waals surface area contributed by atoms with E-state index in [0.717, 1.165) is 38.1 Å². The van der Waals surface area contributed by atoms with Gasteiger partial charge in [0.25, 0.3) is 0 Å². The van der Waals surface area contributed by atoms with Crippen molar-refractivity contribution in [3.05, 3.63) is 29.3 Å². The number of rotatable bonds is 3. The average Bonchev–Trinajstić information content (AvgIpc) is 2.94. The maximum absolute atomic E-state index is 12.8.